The third-order valence-corrected chi connectivity index (χ3v) is 7.91. The summed E-state index contributed by atoms with van der Waals surface area (Å²) in [5, 5.41) is 2.68. The van der Waals surface area contributed by atoms with Crippen molar-refractivity contribution in [2.75, 3.05) is 24.2 Å². The van der Waals surface area contributed by atoms with Gasteiger partial charge in [0.25, 0.3) is 0 Å². The van der Waals surface area contributed by atoms with Crippen molar-refractivity contribution in [3.05, 3.63) is 126 Å². The van der Waals surface area contributed by atoms with Crippen molar-refractivity contribution in [3.63, 3.8) is 0 Å². The summed E-state index contributed by atoms with van der Waals surface area (Å²) in [6, 6.07) is 31.9. The SMILES string of the molecule is CNC(=O)C(Cc1ccccc1)N(Cc1ccc(C)cc1)C(=O)CN(c1ccc(Oc2ccccc2)cc1)S(C)(=O)=O. The molecular weight excluding hydrogens is 550 g/mol. The molecule has 4 aromatic rings. The monoisotopic (exact) mass is 585 g/mol. The van der Waals surface area contributed by atoms with Gasteiger partial charge < -0.3 is 15.0 Å². The van der Waals surface area contributed by atoms with Crippen LogP contribution in [0.3, 0.4) is 0 Å². The van der Waals surface area contributed by atoms with E-state index in [1.165, 1.54) is 11.9 Å². The molecule has 0 bridgehead atoms. The molecule has 0 saturated heterocycles. The minimum Gasteiger partial charge on any atom is -0.457 e. The number of aryl methyl sites for hydroxylation is 1. The molecule has 8 nitrogen and oxygen atoms in total. The van der Waals surface area contributed by atoms with E-state index in [1.807, 2.05) is 91.9 Å². The molecule has 0 heterocycles. The molecule has 9 heteroatoms. The van der Waals surface area contributed by atoms with Crippen LogP contribution in [0, 0.1) is 6.92 Å². The number of ether oxygens (including phenoxy) is 1. The first-order valence-electron chi connectivity index (χ1n) is 13.6. The van der Waals surface area contributed by atoms with Crippen molar-refractivity contribution >= 4 is 27.5 Å². The number of carbonyl (C=O) groups is 2. The van der Waals surface area contributed by atoms with Gasteiger partial charge in [0.1, 0.15) is 24.1 Å². The molecule has 218 valence electrons. The van der Waals surface area contributed by atoms with E-state index in [0.29, 0.717) is 17.2 Å². The lowest BCUT2D eigenvalue weighted by atomic mass is 10.0. The molecule has 0 aliphatic heterocycles. The van der Waals surface area contributed by atoms with Gasteiger partial charge in [0.15, 0.2) is 0 Å². The highest BCUT2D eigenvalue weighted by atomic mass is 32.2. The highest BCUT2D eigenvalue weighted by molar-refractivity contribution is 7.92. The molecule has 0 radical (unpaired) electrons. The van der Waals surface area contributed by atoms with Crippen molar-refractivity contribution in [2.45, 2.75) is 25.9 Å². The summed E-state index contributed by atoms with van der Waals surface area (Å²) in [7, 11) is -2.34. The van der Waals surface area contributed by atoms with Gasteiger partial charge in [-0.25, -0.2) is 8.42 Å². The fraction of sp³-hybridized carbons (Fsp3) is 0.212. The van der Waals surface area contributed by atoms with E-state index < -0.39 is 28.5 Å². The normalized spacial score (nSPS) is 11.8. The van der Waals surface area contributed by atoms with Crippen molar-refractivity contribution in [1.29, 1.82) is 0 Å². The molecule has 0 spiro atoms. The Bertz CT molecular complexity index is 1580. The Labute approximate surface area is 247 Å². The number of hydrogen-bond donors (Lipinski definition) is 1. The Morgan fingerprint density at radius 2 is 1.36 bits per heavy atom. The van der Waals surface area contributed by atoms with Crippen LogP contribution >= 0.6 is 0 Å². The van der Waals surface area contributed by atoms with Crippen molar-refractivity contribution in [1.82, 2.24) is 10.2 Å². The predicted octanol–water partition coefficient (Wildman–Crippen LogP) is 4.94. The van der Waals surface area contributed by atoms with E-state index in [0.717, 1.165) is 27.3 Å². The van der Waals surface area contributed by atoms with Crippen LogP contribution in [0.1, 0.15) is 16.7 Å². The number of sulfonamides is 1. The molecule has 4 aromatic carbocycles. The maximum Gasteiger partial charge on any atom is 0.244 e. The number of para-hydroxylation sites is 1. The van der Waals surface area contributed by atoms with Crippen LogP contribution in [0.15, 0.2) is 109 Å². The highest BCUT2D eigenvalue weighted by Gasteiger charge is 2.32. The molecule has 0 saturated carbocycles. The number of rotatable bonds is 12. The lowest BCUT2D eigenvalue weighted by molar-refractivity contribution is -0.139. The molecule has 0 aliphatic carbocycles. The number of anilines is 1. The highest BCUT2D eigenvalue weighted by Crippen LogP contribution is 2.26. The number of carbonyl (C=O) groups excluding carboxylic acids is 2. The fourth-order valence-corrected chi connectivity index (χ4v) is 5.38. The van der Waals surface area contributed by atoms with Crippen LogP contribution in [0.4, 0.5) is 5.69 Å². The Hall–Kier alpha value is -4.63. The number of amides is 2. The van der Waals surface area contributed by atoms with Crippen molar-refractivity contribution in [2.24, 2.45) is 0 Å². The molecular formula is C33H35N3O5S. The van der Waals surface area contributed by atoms with Gasteiger partial charge in [0, 0.05) is 20.0 Å². The second-order valence-corrected chi connectivity index (χ2v) is 11.9. The summed E-state index contributed by atoms with van der Waals surface area (Å²) < 4.78 is 32.8. The zero-order valence-corrected chi connectivity index (χ0v) is 24.8. The zero-order chi connectivity index (χ0) is 30.1. The summed E-state index contributed by atoms with van der Waals surface area (Å²) in [5.41, 5.74) is 3.07. The van der Waals surface area contributed by atoms with Crippen LogP contribution in [0.25, 0.3) is 0 Å². The van der Waals surface area contributed by atoms with E-state index >= 15 is 0 Å². The standard InChI is InChI=1S/C33H35N3O5S/c1-25-14-16-27(17-15-25)23-35(31(33(38)34-2)22-26-10-6-4-7-11-26)32(37)24-36(42(3,39)40)28-18-20-30(21-19-28)41-29-12-8-5-9-13-29/h4-21,31H,22-24H2,1-3H3,(H,34,38). The average Bonchev–Trinajstić information content (AvgIpc) is 2.99. The van der Waals surface area contributed by atoms with Crippen molar-refractivity contribution in [3.8, 4) is 11.5 Å². The topological polar surface area (TPSA) is 96.0 Å². The van der Waals surface area contributed by atoms with Gasteiger partial charge in [-0.2, -0.15) is 0 Å². The third-order valence-electron chi connectivity index (χ3n) is 6.77. The van der Waals surface area contributed by atoms with Crippen LogP contribution in [-0.4, -0.2) is 51.0 Å². The first-order chi connectivity index (χ1) is 20.1. The molecule has 1 N–H and O–H groups in total. The first-order valence-corrected chi connectivity index (χ1v) is 15.4. The number of hydrogen-bond acceptors (Lipinski definition) is 5. The summed E-state index contributed by atoms with van der Waals surface area (Å²) >= 11 is 0. The Morgan fingerprint density at radius 3 is 1.93 bits per heavy atom. The molecule has 4 rings (SSSR count). The quantitative estimate of drug-likeness (QED) is 0.254. The zero-order valence-electron chi connectivity index (χ0n) is 23.9. The van der Waals surface area contributed by atoms with Crippen molar-refractivity contribution < 1.29 is 22.7 Å². The number of likely N-dealkylation sites (N-methyl/N-ethyl adjacent to an activating group) is 1. The summed E-state index contributed by atoms with van der Waals surface area (Å²) in [6.07, 6.45) is 1.32. The summed E-state index contributed by atoms with van der Waals surface area (Å²) in [6.45, 7) is 1.62. The molecule has 1 unspecified atom stereocenters. The van der Waals surface area contributed by atoms with Crippen LogP contribution in [0.5, 0.6) is 11.5 Å². The molecule has 2 amide bonds. The van der Waals surface area contributed by atoms with Crippen LogP contribution < -0.4 is 14.4 Å². The maximum atomic E-state index is 14.0. The number of benzene rings is 4. The lowest BCUT2D eigenvalue weighted by Crippen LogP contribution is -2.52. The van der Waals surface area contributed by atoms with E-state index in [9.17, 15) is 18.0 Å². The molecule has 0 aliphatic rings. The Balaban J connectivity index is 1.64. The Kier molecular flexibility index (Phi) is 9.98. The van der Waals surface area contributed by atoms with Gasteiger partial charge in [-0.05, 0) is 54.4 Å². The van der Waals surface area contributed by atoms with Gasteiger partial charge in [-0.3, -0.25) is 13.9 Å². The number of nitrogens with one attached hydrogen (secondary N) is 1. The lowest BCUT2D eigenvalue weighted by Gasteiger charge is -2.33. The smallest absolute Gasteiger partial charge is 0.244 e. The molecule has 1 atom stereocenters. The second kappa shape index (κ2) is 13.8. The molecule has 0 fully saturated rings. The summed E-state index contributed by atoms with van der Waals surface area (Å²) in [4.78, 5) is 28.7. The van der Waals surface area contributed by atoms with E-state index in [2.05, 4.69) is 5.32 Å². The van der Waals surface area contributed by atoms with Gasteiger partial charge >= 0.3 is 0 Å². The third kappa shape index (κ3) is 8.20. The van der Waals surface area contributed by atoms with Crippen LogP contribution in [0.2, 0.25) is 0 Å². The maximum absolute atomic E-state index is 14.0. The minimum atomic E-state index is -3.86. The fourth-order valence-electron chi connectivity index (χ4n) is 4.53. The van der Waals surface area contributed by atoms with Gasteiger partial charge in [-0.1, -0.05) is 78.4 Å². The Morgan fingerprint density at radius 1 is 0.786 bits per heavy atom. The second-order valence-electron chi connectivity index (χ2n) is 10.0. The van der Waals surface area contributed by atoms with Gasteiger partial charge in [-0.15, -0.1) is 0 Å². The average molecular weight is 586 g/mol. The molecule has 0 aromatic heterocycles. The first kappa shape index (κ1) is 30.3. The number of nitrogens with zero attached hydrogens (tertiary/aromatic N) is 2. The predicted molar refractivity (Wildman–Crippen MR) is 165 cm³/mol. The van der Waals surface area contributed by atoms with Gasteiger partial charge in [0.05, 0.1) is 11.9 Å². The largest absolute Gasteiger partial charge is 0.457 e. The minimum absolute atomic E-state index is 0.130. The van der Waals surface area contributed by atoms with E-state index in [4.69, 9.17) is 4.74 Å². The van der Waals surface area contributed by atoms with Crippen LogP contribution in [-0.2, 0) is 32.6 Å². The van der Waals surface area contributed by atoms with E-state index in [-0.39, 0.29) is 18.9 Å². The van der Waals surface area contributed by atoms with E-state index in [1.54, 1.807) is 24.3 Å². The van der Waals surface area contributed by atoms with Gasteiger partial charge in [0.2, 0.25) is 21.8 Å². The summed E-state index contributed by atoms with van der Waals surface area (Å²) in [5.74, 6) is 0.321. The molecule has 42 heavy (non-hydrogen) atoms.